The highest BCUT2D eigenvalue weighted by molar-refractivity contribution is 7.99. The van der Waals surface area contributed by atoms with Crippen LogP contribution in [0.1, 0.15) is 32.4 Å². The molecule has 0 aliphatic carbocycles. The zero-order chi connectivity index (χ0) is 10.7. The number of halogens is 1. The first kappa shape index (κ1) is 11.5. The predicted octanol–water partition coefficient (Wildman–Crippen LogP) is 3.35. The van der Waals surface area contributed by atoms with E-state index in [4.69, 9.17) is 5.73 Å². The second kappa shape index (κ2) is 4.80. The molecule has 0 saturated heterocycles. The number of hydrogen-bond acceptors (Lipinski definition) is 2. The van der Waals surface area contributed by atoms with Gasteiger partial charge in [0.15, 0.2) is 0 Å². The molecule has 14 heavy (non-hydrogen) atoms. The standard InChI is InChI=1S/C11H16FNS/c1-7(2)14-11-5-4-9(8(3)13)6-10(11)12/h4-8H,13H2,1-3H3/t8-/m1/s1. The molecule has 2 N–H and O–H groups in total. The summed E-state index contributed by atoms with van der Waals surface area (Å²) in [4.78, 5) is 0.699. The number of thioether (sulfide) groups is 1. The van der Waals surface area contributed by atoms with E-state index in [9.17, 15) is 4.39 Å². The largest absolute Gasteiger partial charge is 0.324 e. The molecule has 1 aromatic carbocycles. The van der Waals surface area contributed by atoms with Crippen molar-refractivity contribution in [3.63, 3.8) is 0 Å². The van der Waals surface area contributed by atoms with Gasteiger partial charge in [-0.1, -0.05) is 19.9 Å². The maximum Gasteiger partial charge on any atom is 0.137 e. The van der Waals surface area contributed by atoms with Gasteiger partial charge in [0.2, 0.25) is 0 Å². The Morgan fingerprint density at radius 3 is 2.36 bits per heavy atom. The lowest BCUT2D eigenvalue weighted by atomic mass is 10.1. The van der Waals surface area contributed by atoms with E-state index in [0.717, 1.165) is 5.56 Å². The summed E-state index contributed by atoms with van der Waals surface area (Å²) < 4.78 is 13.5. The molecule has 0 aromatic heterocycles. The highest BCUT2D eigenvalue weighted by Gasteiger charge is 2.07. The smallest absolute Gasteiger partial charge is 0.137 e. The van der Waals surface area contributed by atoms with E-state index in [0.29, 0.717) is 10.1 Å². The maximum absolute atomic E-state index is 13.5. The number of rotatable bonds is 3. The van der Waals surface area contributed by atoms with Crippen molar-refractivity contribution in [1.29, 1.82) is 0 Å². The molecule has 0 heterocycles. The molecule has 0 aliphatic rings. The summed E-state index contributed by atoms with van der Waals surface area (Å²) in [7, 11) is 0. The van der Waals surface area contributed by atoms with Crippen LogP contribution in [0.5, 0.6) is 0 Å². The average molecular weight is 213 g/mol. The van der Waals surface area contributed by atoms with Crippen LogP contribution in [0.25, 0.3) is 0 Å². The quantitative estimate of drug-likeness (QED) is 0.779. The molecule has 0 fully saturated rings. The predicted molar refractivity (Wildman–Crippen MR) is 60.0 cm³/mol. The third-order valence-electron chi connectivity index (χ3n) is 1.84. The number of benzene rings is 1. The lowest BCUT2D eigenvalue weighted by molar-refractivity contribution is 0.596. The molecule has 1 nitrogen and oxygen atoms in total. The second-order valence-corrected chi connectivity index (χ2v) is 5.26. The van der Waals surface area contributed by atoms with E-state index < -0.39 is 0 Å². The maximum atomic E-state index is 13.5. The van der Waals surface area contributed by atoms with Crippen molar-refractivity contribution in [1.82, 2.24) is 0 Å². The van der Waals surface area contributed by atoms with Crippen molar-refractivity contribution in [3.05, 3.63) is 29.6 Å². The van der Waals surface area contributed by atoms with Crippen LogP contribution in [0.3, 0.4) is 0 Å². The minimum Gasteiger partial charge on any atom is -0.324 e. The summed E-state index contributed by atoms with van der Waals surface area (Å²) in [6.07, 6.45) is 0. The monoisotopic (exact) mass is 213 g/mol. The van der Waals surface area contributed by atoms with E-state index >= 15 is 0 Å². The van der Waals surface area contributed by atoms with E-state index in [1.807, 2.05) is 26.8 Å². The van der Waals surface area contributed by atoms with Crippen LogP contribution in [0.15, 0.2) is 23.1 Å². The van der Waals surface area contributed by atoms with Crippen LogP contribution in [0.2, 0.25) is 0 Å². The minimum atomic E-state index is -0.168. The Bertz CT molecular complexity index is 310. The summed E-state index contributed by atoms with van der Waals surface area (Å²) in [6, 6.07) is 5.11. The van der Waals surface area contributed by atoms with Crippen LogP contribution in [-0.4, -0.2) is 5.25 Å². The van der Waals surface area contributed by atoms with Gasteiger partial charge in [0.05, 0.1) is 0 Å². The van der Waals surface area contributed by atoms with Crippen molar-refractivity contribution < 1.29 is 4.39 Å². The summed E-state index contributed by atoms with van der Waals surface area (Å²) in [5, 5.41) is 0.394. The lowest BCUT2D eigenvalue weighted by Crippen LogP contribution is -2.05. The van der Waals surface area contributed by atoms with Gasteiger partial charge in [-0.3, -0.25) is 0 Å². The molecular weight excluding hydrogens is 197 g/mol. The highest BCUT2D eigenvalue weighted by atomic mass is 32.2. The first-order chi connectivity index (χ1) is 6.50. The molecule has 1 aromatic rings. The molecule has 3 heteroatoms. The lowest BCUT2D eigenvalue weighted by Gasteiger charge is -2.09. The van der Waals surface area contributed by atoms with Gasteiger partial charge < -0.3 is 5.73 Å². The van der Waals surface area contributed by atoms with Crippen LogP contribution < -0.4 is 5.73 Å². The van der Waals surface area contributed by atoms with Crippen LogP contribution in [-0.2, 0) is 0 Å². The van der Waals surface area contributed by atoms with Gasteiger partial charge in [0.1, 0.15) is 5.82 Å². The molecule has 0 radical (unpaired) electrons. The zero-order valence-electron chi connectivity index (χ0n) is 8.75. The molecule has 1 rings (SSSR count). The molecule has 0 unspecified atom stereocenters. The van der Waals surface area contributed by atoms with E-state index in [-0.39, 0.29) is 11.9 Å². The van der Waals surface area contributed by atoms with Crippen molar-refractivity contribution in [2.75, 3.05) is 0 Å². The van der Waals surface area contributed by atoms with Crippen molar-refractivity contribution in [2.45, 2.75) is 37.0 Å². The summed E-state index contributed by atoms with van der Waals surface area (Å²) >= 11 is 1.53. The fourth-order valence-electron chi connectivity index (χ4n) is 1.15. The minimum absolute atomic E-state index is 0.109. The molecule has 0 bridgehead atoms. The third kappa shape index (κ3) is 3.00. The van der Waals surface area contributed by atoms with Crippen molar-refractivity contribution >= 4 is 11.8 Å². The zero-order valence-corrected chi connectivity index (χ0v) is 9.57. The van der Waals surface area contributed by atoms with Crippen LogP contribution >= 0.6 is 11.8 Å². The van der Waals surface area contributed by atoms with Gasteiger partial charge in [-0.25, -0.2) is 4.39 Å². The van der Waals surface area contributed by atoms with Gasteiger partial charge in [-0.15, -0.1) is 11.8 Å². The van der Waals surface area contributed by atoms with Crippen LogP contribution in [0, 0.1) is 5.82 Å². The Balaban J connectivity index is 2.90. The van der Waals surface area contributed by atoms with E-state index in [2.05, 4.69) is 0 Å². The van der Waals surface area contributed by atoms with Gasteiger partial charge in [0.25, 0.3) is 0 Å². The molecule has 1 atom stereocenters. The van der Waals surface area contributed by atoms with Crippen LogP contribution in [0.4, 0.5) is 4.39 Å². The molecule has 0 amide bonds. The molecule has 0 aliphatic heterocycles. The third-order valence-corrected chi connectivity index (χ3v) is 2.90. The first-order valence-electron chi connectivity index (χ1n) is 4.72. The molecule has 78 valence electrons. The van der Waals surface area contributed by atoms with Gasteiger partial charge in [-0.2, -0.15) is 0 Å². The van der Waals surface area contributed by atoms with Crippen molar-refractivity contribution in [2.24, 2.45) is 5.73 Å². The number of nitrogens with two attached hydrogens (primary N) is 1. The molecular formula is C11H16FNS. The number of hydrogen-bond donors (Lipinski definition) is 1. The fourth-order valence-corrected chi connectivity index (χ4v) is 1.98. The SMILES string of the molecule is CC(C)Sc1ccc([C@@H](C)N)cc1F. The Kier molecular flexibility index (Phi) is 3.96. The molecule has 0 saturated carbocycles. The van der Waals surface area contributed by atoms with Crippen molar-refractivity contribution in [3.8, 4) is 0 Å². The van der Waals surface area contributed by atoms with Gasteiger partial charge >= 0.3 is 0 Å². The summed E-state index contributed by atoms with van der Waals surface area (Å²) in [5.41, 5.74) is 6.50. The topological polar surface area (TPSA) is 26.0 Å². The first-order valence-corrected chi connectivity index (χ1v) is 5.60. The Labute approximate surface area is 88.9 Å². The average Bonchev–Trinajstić information content (AvgIpc) is 2.07. The van der Waals surface area contributed by atoms with E-state index in [1.165, 1.54) is 17.8 Å². The Hall–Kier alpha value is -0.540. The second-order valence-electron chi connectivity index (χ2n) is 3.65. The Morgan fingerprint density at radius 1 is 1.29 bits per heavy atom. The van der Waals surface area contributed by atoms with E-state index in [1.54, 1.807) is 6.07 Å². The Morgan fingerprint density at radius 2 is 1.93 bits per heavy atom. The fraction of sp³-hybridized carbons (Fsp3) is 0.455. The highest BCUT2D eigenvalue weighted by Crippen LogP contribution is 2.27. The van der Waals surface area contributed by atoms with Gasteiger partial charge in [-0.05, 0) is 24.6 Å². The summed E-state index contributed by atoms with van der Waals surface area (Å²) in [5.74, 6) is -0.168. The van der Waals surface area contributed by atoms with Gasteiger partial charge in [0, 0.05) is 16.2 Å². The summed E-state index contributed by atoms with van der Waals surface area (Å²) in [6.45, 7) is 5.94. The normalized spacial score (nSPS) is 13.3. The molecule has 0 spiro atoms.